The number of esters is 2. The number of carbonyl (C=O) groups is 2. The third-order valence-corrected chi connectivity index (χ3v) is 3.44. The van der Waals surface area contributed by atoms with Gasteiger partial charge in [-0.25, -0.2) is 9.18 Å². The van der Waals surface area contributed by atoms with Gasteiger partial charge in [0.25, 0.3) is 0 Å². The van der Waals surface area contributed by atoms with E-state index < -0.39 is 17.8 Å². The maximum atomic E-state index is 13.1. The Hall–Kier alpha value is -2.47. The van der Waals surface area contributed by atoms with Gasteiger partial charge < -0.3 is 9.47 Å². The van der Waals surface area contributed by atoms with Crippen LogP contribution >= 0.6 is 11.6 Å². The van der Waals surface area contributed by atoms with E-state index in [0.717, 1.165) is 0 Å². The highest BCUT2D eigenvalue weighted by molar-refractivity contribution is 6.36. The second kappa shape index (κ2) is 7.19. The first kappa shape index (κ1) is 16.9. The molecule has 0 saturated heterocycles. The van der Waals surface area contributed by atoms with Crippen LogP contribution in [0, 0.1) is 5.82 Å². The second-order valence-electron chi connectivity index (χ2n) is 4.59. The zero-order chi connectivity index (χ0) is 17.0. The van der Waals surface area contributed by atoms with Crippen LogP contribution in [0.1, 0.15) is 23.0 Å². The molecule has 0 aliphatic carbocycles. The highest BCUT2D eigenvalue weighted by atomic mass is 35.5. The van der Waals surface area contributed by atoms with Crippen LogP contribution in [0.15, 0.2) is 30.5 Å². The third kappa shape index (κ3) is 3.84. The Kier molecular flexibility index (Phi) is 5.28. The van der Waals surface area contributed by atoms with Crippen molar-refractivity contribution in [2.45, 2.75) is 13.5 Å². The lowest BCUT2D eigenvalue weighted by molar-refractivity contribution is -0.142. The third-order valence-electron chi connectivity index (χ3n) is 3.04. The molecule has 0 atom stereocenters. The molecular weight excluding hydrogens is 325 g/mol. The normalized spacial score (nSPS) is 10.3. The summed E-state index contributed by atoms with van der Waals surface area (Å²) in [4.78, 5) is 26.9. The van der Waals surface area contributed by atoms with Crippen LogP contribution in [0.4, 0.5) is 4.39 Å². The Morgan fingerprint density at radius 3 is 2.48 bits per heavy atom. The molecule has 0 radical (unpaired) electrons. The minimum absolute atomic E-state index is 0.0695. The molecule has 0 bridgehead atoms. The molecule has 1 heterocycles. The zero-order valence-corrected chi connectivity index (χ0v) is 13.2. The van der Waals surface area contributed by atoms with Gasteiger partial charge in [-0.3, -0.25) is 9.78 Å². The van der Waals surface area contributed by atoms with Crippen molar-refractivity contribution in [1.82, 2.24) is 4.98 Å². The standard InChI is InChI=1S/C16H13ClFNO4/c1-9(20)23-8-13-14(10-3-5-11(18)6-4-10)15(17)12(7-19-13)16(21)22-2/h3-7H,8H2,1-2H3. The summed E-state index contributed by atoms with van der Waals surface area (Å²) in [5, 5.41) is 0.0978. The van der Waals surface area contributed by atoms with Gasteiger partial charge in [0.15, 0.2) is 0 Å². The molecular formula is C16H13ClFNO4. The Morgan fingerprint density at radius 2 is 1.91 bits per heavy atom. The molecule has 0 amide bonds. The summed E-state index contributed by atoms with van der Waals surface area (Å²) in [6.07, 6.45) is 1.25. The first-order valence-corrected chi connectivity index (χ1v) is 6.96. The fraction of sp³-hybridized carbons (Fsp3) is 0.188. The SMILES string of the molecule is COC(=O)c1cnc(COC(C)=O)c(-c2ccc(F)cc2)c1Cl. The summed E-state index contributed by atoms with van der Waals surface area (Å²) >= 11 is 6.30. The zero-order valence-electron chi connectivity index (χ0n) is 12.4. The number of benzene rings is 1. The van der Waals surface area contributed by atoms with Gasteiger partial charge in [-0.2, -0.15) is 0 Å². The fourth-order valence-corrected chi connectivity index (χ4v) is 2.31. The number of hydrogen-bond acceptors (Lipinski definition) is 5. The van der Waals surface area contributed by atoms with E-state index in [-0.39, 0.29) is 17.2 Å². The molecule has 0 aliphatic rings. The van der Waals surface area contributed by atoms with E-state index in [4.69, 9.17) is 16.3 Å². The summed E-state index contributed by atoms with van der Waals surface area (Å²) in [6, 6.07) is 5.51. The monoisotopic (exact) mass is 337 g/mol. The predicted octanol–water partition coefficient (Wildman–Crippen LogP) is 3.39. The lowest BCUT2D eigenvalue weighted by atomic mass is 10.0. The maximum Gasteiger partial charge on any atom is 0.340 e. The topological polar surface area (TPSA) is 65.5 Å². The number of nitrogens with zero attached hydrogens (tertiary/aromatic N) is 1. The Balaban J connectivity index is 2.59. The Labute approximate surface area is 137 Å². The summed E-state index contributed by atoms with van der Waals surface area (Å²) in [5.41, 5.74) is 1.34. The van der Waals surface area contributed by atoms with Gasteiger partial charge in [0, 0.05) is 18.7 Å². The molecule has 0 N–H and O–H groups in total. The van der Waals surface area contributed by atoms with Crippen LogP contribution in [0.5, 0.6) is 0 Å². The molecule has 5 nitrogen and oxygen atoms in total. The number of pyridine rings is 1. The minimum Gasteiger partial charge on any atom is -0.465 e. The second-order valence-corrected chi connectivity index (χ2v) is 4.96. The lowest BCUT2D eigenvalue weighted by Gasteiger charge is -2.13. The Morgan fingerprint density at radius 1 is 1.26 bits per heavy atom. The van der Waals surface area contributed by atoms with Crippen LogP contribution < -0.4 is 0 Å². The van der Waals surface area contributed by atoms with Gasteiger partial charge in [0.2, 0.25) is 0 Å². The molecule has 7 heteroatoms. The number of rotatable bonds is 4. The Bertz CT molecular complexity index is 746. The summed E-state index contributed by atoms with van der Waals surface area (Å²) in [7, 11) is 1.23. The van der Waals surface area contributed by atoms with Crippen molar-refractivity contribution in [3.8, 4) is 11.1 Å². The maximum absolute atomic E-state index is 13.1. The summed E-state index contributed by atoms with van der Waals surface area (Å²) in [5.74, 6) is -1.54. The molecule has 0 fully saturated rings. The number of halogens is 2. The fourth-order valence-electron chi connectivity index (χ4n) is 1.97. The van der Waals surface area contributed by atoms with Crippen molar-refractivity contribution in [3.05, 3.63) is 52.6 Å². The number of hydrogen-bond donors (Lipinski definition) is 0. The largest absolute Gasteiger partial charge is 0.465 e. The highest BCUT2D eigenvalue weighted by Gasteiger charge is 2.20. The van der Waals surface area contributed by atoms with Gasteiger partial charge in [-0.15, -0.1) is 0 Å². The van der Waals surface area contributed by atoms with Crippen LogP contribution in [-0.4, -0.2) is 24.0 Å². The number of ether oxygens (including phenoxy) is 2. The van der Waals surface area contributed by atoms with Gasteiger partial charge >= 0.3 is 11.9 Å². The van der Waals surface area contributed by atoms with Crippen molar-refractivity contribution >= 4 is 23.5 Å². The van der Waals surface area contributed by atoms with E-state index in [0.29, 0.717) is 16.8 Å². The summed E-state index contributed by atoms with van der Waals surface area (Å²) in [6.45, 7) is 1.14. The number of carbonyl (C=O) groups excluding carboxylic acids is 2. The number of methoxy groups -OCH3 is 1. The van der Waals surface area contributed by atoms with E-state index in [1.807, 2.05) is 0 Å². The smallest absolute Gasteiger partial charge is 0.340 e. The van der Waals surface area contributed by atoms with Crippen LogP contribution in [0.2, 0.25) is 5.02 Å². The molecule has 0 aliphatic heterocycles. The average molecular weight is 338 g/mol. The van der Waals surface area contributed by atoms with Crippen molar-refractivity contribution in [3.63, 3.8) is 0 Å². The van der Waals surface area contributed by atoms with E-state index >= 15 is 0 Å². The predicted molar refractivity (Wildman–Crippen MR) is 81.5 cm³/mol. The molecule has 0 spiro atoms. The van der Waals surface area contributed by atoms with E-state index in [9.17, 15) is 14.0 Å². The molecule has 23 heavy (non-hydrogen) atoms. The number of aromatic nitrogens is 1. The molecule has 2 aromatic rings. The first-order chi connectivity index (χ1) is 10.9. The van der Waals surface area contributed by atoms with Crippen LogP contribution in [0.25, 0.3) is 11.1 Å². The lowest BCUT2D eigenvalue weighted by Crippen LogP contribution is -2.08. The summed E-state index contributed by atoms with van der Waals surface area (Å²) < 4.78 is 22.7. The van der Waals surface area contributed by atoms with Crippen LogP contribution in [-0.2, 0) is 20.9 Å². The molecule has 2 rings (SSSR count). The molecule has 1 aromatic heterocycles. The first-order valence-electron chi connectivity index (χ1n) is 6.59. The van der Waals surface area contributed by atoms with Crippen molar-refractivity contribution in [2.75, 3.05) is 7.11 Å². The van der Waals surface area contributed by atoms with Gasteiger partial charge in [-0.05, 0) is 17.7 Å². The molecule has 120 valence electrons. The quantitative estimate of drug-likeness (QED) is 0.800. The van der Waals surface area contributed by atoms with Crippen molar-refractivity contribution in [1.29, 1.82) is 0 Å². The van der Waals surface area contributed by atoms with Crippen molar-refractivity contribution in [2.24, 2.45) is 0 Å². The van der Waals surface area contributed by atoms with Gasteiger partial charge in [0.1, 0.15) is 12.4 Å². The molecule has 0 unspecified atom stereocenters. The van der Waals surface area contributed by atoms with E-state index in [1.165, 1.54) is 44.5 Å². The molecule has 1 aromatic carbocycles. The van der Waals surface area contributed by atoms with Crippen molar-refractivity contribution < 1.29 is 23.5 Å². The van der Waals surface area contributed by atoms with Gasteiger partial charge in [0.05, 0.1) is 23.4 Å². The minimum atomic E-state index is -0.648. The highest BCUT2D eigenvalue weighted by Crippen LogP contribution is 2.34. The van der Waals surface area contributed by atoms with Crippen LogP contribution in [0.3, 0.4) is 0 Å². The van der Waals surface area contributed by atoms with Gasteiger partial charge in [-0.1, -0.05) is 23.7 Å². The van der Waals surface area contributed by atoms with E-state index in [2.05, 4.69) is 9.72 Å². The molecule has 0 saturated carbocycles. The average Bonchev–Trinajstić information content (AvgIpc) is 2.53. The van der Waals surface area contributed by atoms with E-state index in [1.54, 1.807) is 0 Å².